The number of hydrogen-bond donors (Lipinski definition) is 2. The van der Waals surface area contributed by atoms with Gasteiger partial charge in [-0.25, -0.2) is 0 Å². The van der Waals surface area contributed by atoms with Crippen molar-refractivity contribution in [1.29, 1.82) is 0 Å². The van der Waals surface area contributed by atoms with Crippen LogP contribution in [0.4, 0.5) is 0 Å². The summed E-state index contributed by atoms with van der Waals surface area (Å²) in [7, 11) is 0. The first-order valence-corrected chi connectivity index (χ1v) is 10.1. The predicted molar refractivity (Wildman–Crippen MR) is 118 cm³/mol. The Balaban J connectivity index is 1.91. The Bertz CT molecular complexity index is 1100. The fourth-order valence-corrected chi connectivity index (χ4v) is 4.81. The highest BCUT2D eigenvalue weighted by atomic mass is 32.1. The third-order valence-corrected chi connectivity index (χ3v) is 6.19. The number of phenols is 1. The lowest BCUT2D eigenvalue weighted by atomic mass is 9.67. The molecule has 0 saturated heterocycles. The van der Waals surface area contributed by atoms with Crippen LogP contribution in [0.2, 0.25) is 0 Å². The number of thiol groups is 1. The summed E-state index contributed by atoms with van der Waals surface area (Å²) in [5.41, 5.74) is 8.26. The van der Waals surface area contributed by atoms with Crippen molar-refractivity contribution in [1.82, 2.24) is 0 Å². The monoisotopic (exact) mass is 380 g/mol. The van der Waals surface area contributed by atoms with Crippen LogP contribution in [0.1, 0.15) is 27.8 Å². The Labute approximate surface area is 170 Å². The van der Waals surface area contributed by atoms with Gasteiger partial charge in [0, 0.05) is 5.75 Å². The smallest absolute Gasteiger partial charge is 0.115 e. The van der Waals surface area contributed by atoms with Crippen LogP contribution >= 0.6 is 12.6 Å². The van der Waals surface area contributed by atoms with Gasteiger partial charge in [-0.3, -0.25) is 0 Å². The van der Waals surface area contributed by atoms with Crippen molar-refractivity contribution >= 4 is 12.6 Å². The average Bonchev–Trinajstić information content (AvgIpc) is 3.06. The molecular formula is C26H20OS. The largest absolute Gasteiger partial charge is 0.508 e. The zero-order valence-electron chi connectivity index (χ0n) is 15.3. The molecule has 0 aliphatic heterocycles. The lowest BCUT2D eigenvalue weighted by Gasteiger charge is -2.34. The quantitative estimate of drug-likeness (QED) is 0.358. The second-order valence-corrected chi connectivity index (χ2v) is 7.56. The molecule has 136 valence electrons. The van der Waals surface area contributed by atoms with Crippen LogP contribution in [0.25, 0.3) is 11.1 Å². The number of fused-ring (bicyclic) bond motifs is 3. The molecule has 1 aliphatic rings. The first-order valence-electron chi connectivity index (χ1n) is 9.44. The van der Waals surface area contributed by atoms with Gasteiger partial charge in [-0.1, -0.05) is 84.9 Å². The van der Waals surface area contributed by atoms with Crippen molar-refractivity contribution in [2.45, 2.75) is 11.2 Å². The second kappa shape index (κ2) is 6.57. The lowest BCUT2D eigenvalue weighted by molar-refractivity contribution is 0.475. The molecule has 1 N–H and O–H groups in total. The molecule has 1 nitrogen and oxygen atoms in total. The summed E-state index contributed by atoms with van der Waals surface area (Å²) in [6.45, 7) is 0. The van der Waals surface area contributed by atoms with Gasteiger partial charge >= 0.3 is 0 Å². The number of benzene rings is 4. The number of phenolic OH excluding ortho intramolecular Hbond substituents is 1. The fraction of sp³-hybridized carbons (Fsp3) is 0.0769. The van der Waals surface area contributed by atoms with Gasteiger partial charge in [-0.2, -0.15) is 12.6 Å². The number of aromatic hydroxyl groups is 1. The topological polar surface area (TPSA) is 20.2 Å². The highest BCUT2D eigenvalue weighted by molar-refractivity contribution is 7.79. The molecule has 0 spiro atoms. The Morgan fingerprint density at radius 2 is 1.07 bits per heavy atom. The second-order valence-electron chi connectivity index (χ2n) is 7.24. The molecule has 0 amide bonds. The zero-order chi connectivity index (χ0) is 19.1. The first kappa shape index (κ1) is 17.2. The van der Waals surface area contributed by atoms with Crippen molar-refractivity contribution in [3.63, 3.8) is 0 Å². The molecule has 1 aliphatic carbocycles. The molecule has 0 radical (unpaired) electrons. The van der Waals surface area contributed by atoms with Crippen LogP contribution < -0.4 is 0 Å². The molecule has 0 bridgehead atoms. The van der Waals surface area contributed by atoms with Crippen LogP contribution in [0, 0.1) is 0 Å². The van der Waals surface area contributed by atoms with E-state index in [1.807, 2.05) is 12.1 Å². The fourth-order valence-electron chi connectivity index (χ4n) is 4.60. The molecule has 4 aromatic rings. The zero-order valence-corrected chi connectivity index (χ0v) is 16.2. The molecule has 2 heteroatoms. The standard InChI is InChI=1S/C26H20OS/c27-21-15-13-20(14-16-21)26(19-11-9-18(17-28)10-12-19)24-7-3-1-5-22(24)23-6-2-4-8-25(23)26/h1-16,27-28H,17H2. The maximum Gasteiger partial charge on any atom is 0.115 e. The highest BCUT2D eigenvalue weighted by Gasteiger charge is 2.45. The minimum atomic E-state index is -0.407. The molecule has 0 unspecified atom stereocenters. The van der Waals surface area contributed by atoms with Gasteiger partial charge < -0.3 is 5.11 Å². The third-order valence-electron chi connectivity index (χ3n) is 5.82. The van der Waals surface area contributed by atoms with Crippen LogP contribution in [-0.2, 0) is 11.2 Å². The summed E-state index contributed by atoms with van der Waals surface area (Å²) < 4.78 is 0. The molecule has 0 saturated carbocycles. The molecule has 0 heterocycles. The molecule has 0 atom stereocenters. The van der Waals surface area contributed by atoms with Gasteiger partial charge in [0.05, 0.1) is 5.41 Å². The van der Waals surface area contributed by atoms with Gasteiger partial charge in [-0.15, -0.1) is 0 Å². The Morgan fingerprint density at radius 1 is 0.607 bits per heavy atom. The first-order chi connectivity index (χ1) is 13.7. The van der Waals surface area contributed by atoms with E-state index in [-0.39, 0.29) is 5.75 Å². The van der Waals surface area contributed by atoms with Crippen LogP contribution in [0.3, 0.4) is 0 Å². The van der Waals surface area contributed by atoms with Gasteiger partial charge in [0.15, 0.2) is 0 Å². The van der Waals surface area contributed by atoms with Gasteiger partial charge in [0.25, 0.3) is 0 Å². The molecule has 5 rings (SSSR count). The van der Waals surface area contributed by atoms with Crippen molar-refractivity contribution in [3.05, 3.63) is 125 Å². The summed E-state index contributed by atoms with van der Waals surface area (Å²) in [6, 6.07) is 33.7. The lowest BCUT2D eigenvalue weighted by Crippen LogP contribution is -2.28. The van der Waals surface area contributed by atoms with Crippen LogP contribution in [-0.4, -0.2) is 5.11 Å². The summed E-state index contributed by atoms with van der Waals surface area (Å²) in [5, 5.41) is 9.90. The van der Waals surface area contributed by atoms with E-state index >= 15 is 0 Å². The van der Waals surface area contributed by atoms with Crippen molar-refractivity contribution in [2.24, 2.45) is 0 Å². The van der Waals surface area contributed by atoms with E-state index < -0.39 is 5.41 Å². The highest BCUT2D eigenvalue weighted by Crippen LogP contribution is 2.55. The Morgan fingerprint density at radius 3 is 1.57 bits per heavy atom. The van der Waals surface area contributed by atoms with Gasteiger partial charge in [0.1, 0.15) is 5.75 Å². The minimum absolute atomic E-state index is 0.281. The van der Waals surface area contributed by atoms with E-state index in [2.05, 4.69) is 85.4 Å². The number of hydrogen-bond acceptors (Lipinski definition) is 2. The van der Waals surface area contributed by atoms with Crippen molar-refractivity contribution in [2.75, 3.05) is 0 Å². The van der Waals surface area contributed by atoms with Crippen molar-refractivity contribution in [3.8, 4) is 16.9 Å². The summed E-state index contributed by atoms with van der Waals surface area (Å²) in [6.07, 6.45) is 0. The molecule has 0 fully saturated rings. The van der Waals surface area contributed by atoms with E-state index in [1.165, 1.54) is 33.4 Å². The van der Waals surface area contributed by atoms with Gasteiger partial charge in [-0.05, 0) is 51.1 Å². The minimum Gasteiger partial charge on any atom is -0.508 e. The molecule has 4 aromatic carbocycles. The summed E-state index contributed by atoms with van der Waals surface area (Å²) in [4.78, 5) is 0. The van der Waals surface area contributed by atoms with Gasteiger partial charge in [0.2, 0.25) is 0 Å². The third kappa shape index (κ3) is 2.35. The predicted octanol–water partition coefficient (Wildman–Crippen LogP) is 6.19. The summed E-state index contributed by atoms with van der Waals surface area (Å²) >= 11 is 4.42. The van der Waals surface area contributed by atoms with Crippen molar-refractivity contribution < 1.29 is 5.11 Å². The molecule has 28 heavy (non-hydrogen) atoms. The van der Waals surface area contributed by atoms with E-state index in [4.69, 9.17) is 0 Å². The molecule has 0 aromatic heterocycles. The average molecular weight is 381 g/mol. The van der Waals surface area contributed by atoms with E-state index in [0.717, 1.165) is 11.3 Å². The molecular weight excluding hydrogens is 360 g/mol. The SMILES string of the molecule is Oc1ccc(C2(c3ccc(CS)cc3)c3ccccc3-c3ccccc32)cc1. The van der Waals surface area contributed by atoms with Crippen LogP contribution in [0.15, 0.2) is 97.1 Å². The maximum absolute atomic E-state index is 9.90. The van der Waals surface area contributed by atoms with E-state index in [1.54, 1.807) is 12.1 Å². The van der Waals surface area contributed by atoms with Crippen LogP contribution in [0.5, 0.6) is 5.75 Å². The number of rotatable bonds is 3. The Kier molecular flexibility index (Phi) is 4.03. The summed E-state index contributed by atoms with van der Waals surface area (Å²) in [5.74, 6) is 1.00. The van der Waals surface area contributed by atoms with E-state index in [0.29, 0.717) is 0 Å². The Hall–Kier alpha value is -2.97. The normalized spacial score (nSPS) is 13.8. The van der Waals surface area contributed by atoms with E-state index in [9.17, 15) is 5.11 Å². The maximum atomic E-state index is 9.90.